The van der Waals surface area contributed by atoms with Gasteiger partial charge in [0.25, 0.3) is 0 Å². The number of nitrogens with one attached hydrogen (secondary N) is 3. The number of rotatable bonds is 29. The van der Waals surface area contributed by atoms with Gasteiger partial charge in [-0.3, -0.25) is 28.1 Å². The molecule has 22 nitrogen and oxygen atoms in total. The molecule has 3 heterocycles. The van der Waals surface area contributed by atoms with Gasteiger partial charge in [-0.25, -0.2) is 18.3 Å². The summed E-state index contributed by atoms with van der Waals surface area (Å²) >= 11 is 0. The average molecular weight is 940 g/mol. The maximum absolute atomic E-state index is 12.7. The summed E-state index contributed by atoms with van der Waals surface area (Å²) in [5, 5.41) is 26.7. The molecule has 0 spiro atoms. The molecule has 338 valence electrons. The number of aliphatic hydroxyl groups excluding tert-OH is 2. The van der Waals surface area contributed by atoms with Crippen LogP contribution in [0.25, 0.3) is 11.2 Å². The minimum atomic E-state index is -5.54. The van der Waals surface area contributed by atoms with E-state index >= 15 is 0 Å². The zero-order valence-electron chi connectivity index (χ0n) is 33.1. The third-order valence-corrected chi connectivity index (χ3v) is 14.5. The predicted molar refractivity (Wildman–Crippen MR) is 218 cm³/mol. The number of aromatic nitrogens is 3. The fraction of sp³-hybridized carbons (Fsp3) is 0.750. The Hall–Kier alpha value is -1.69. The molecule has 2 aromatic heterocycles. The summed E-state index contributed by atoms with van der Waals surface area (Å²) in [7, 11) is -12.8. The van der Waals surface area contributed by atoms with E-state index in [1.54, 1.807) is 21.6 Å². The summed E-state index contributed by atoms with van der Waals surface area (Å²) in [6.07, 6.45) is 4.02. The molecule has 7 atom stereocenters. The number of carbonyl (C=O) groups is 2. The Morgan fingerprint density at radius 1 is 1.00 bits per heavy atom. The highest BCUT2D eigenvalue weighted by Crippen LogP contribution is 2.61. The van der Waals surface area contributed by atoms with Crippen LogP contribution in [0, 0.1) is 5.41 Å². The summed E-state index contributed by atoms with van der Waals surface area (Å²) in [5.41, 5.74) is 5.11. The summed E-state index contributed by atoms with van der Waals surface area (Å²) in [6.45, 7) is 3.19. The van der Waals surface area contributed by atoms with Gasteiger partial charge >= 0.3 is 29.1 Å². The molecule has 3 unspecified atom stereocenters. The quantitative estimate of drug-likeness (QED) is 0.0243. The van der Waals surface area contributed by atoms with Gasteiger partial charge in [-0.05, 0) is 12.5 Å². The maximum atomic E-state index is 12.7. The highest BCUT2D eigenvalue weighted by molar-refractivity contribution is 8.76. The van der Waals surface area contributed by atoms with Gasteiger partial charge in [0.15, 0.2) is 11.8 Å². The number of nitrogen functional groups attached to an aromatic ring is 1. The van der Waals surface area contributed by atoms with Crippen molar-refractivity contribution in [2.75, 3.05) is 43.5 Å². The number of nitrogens with two attached hydrogens (primary N) is 1. The Kier molecular flexibility index (Phi) is 21.2. The lowest BCUT2D eigenvalue weighted by Crippen LogP contribution is -2.46. The third-order valence-electron chi connectivity index (χ3n) is 8.92. The Bertz CT molecular complexity index is 1790. The van der Waals surface area contributed by atoms with Crippen molar-refractivity contribution in [1.29, 1.82) is 0 Å². The third kappa shape index (κ3) is 17.9. The molecule has 0 aliphatic carbocycles. The van der Waals surface area contributed by atoms with Gasteiger partial charge in [-0.2, -0.15) is 4.31 Å². The van der Waals surface area contributed by atoms with Crippen LogP contribution < -0.4 is 20.9 Å². The molecule has 0 radical (unpaired) electrons. The molecule has 0 saturated carbocycles. The first-order valence-corrected chi connectivity index (χ1v) is 26.0. The van der Waals surface area contributed by atoms with Crippen molar-refractivity contribution in [3.8, 4) is 0 Å². The number of imidazole rings is 1. The molecule has 11 N–H and O–H groups in total. The van der Waals surface area contributed by atoms with Crippen LogP contribution in [0.4, 0.5) is 5.69 Å². The Morgan fingerprint density at radius 3 is 2.32 bits per heavy atom. The van der Waals surface area contributed by atoms with E-state index in [1.165, 1.54) is 82.0 Å². The molecule has 1 saturated heterocycles. The Morgan fingerprint density at radius 2 is 1.64 bits per heavy atom. The molecule has 2 amide bonds. The number of amides is 2. The monoisotopic (exact) mass is 939 g/mol. The maximum Gasteiger partial charge on any atom is 0.481 e. The first kappa shape index (κ1) is 51.7. The standard InChI is InChI=1S/C32H57N6O16P3S2/c1-4-5-6-7-8-9-10-11-17-58-59-18-16-34-24(39)13-15-36-30(42)28(41)32(2,3)20-51-57(48,49)54-56(46,47)50-19-23-27(53-55(43,44)45)26(40)31(52-23)38-21-37-25-22(33)12-14-35-29(25)38/h12,14,21,23,26-28,31,40-41H,4-11,13,15-20H2,1-3H3,(H8,33,34,35,36,39,42,43,44,45,46,47,48,49)/p+1/t23-,26?,27+,28-,31-/m1/s1. The van der Waals surface area contributed by atoms with Crippen molar-refractivity contribution in [2.24, 2.45) is 5.41 Å². The number of hydrogen-bond donors (Lipinski definition) is 10. The molecule has 0 bridgehead atoms. The van der Waals surface area contributed by atoms with Crippen molar-refractivity contribution in [1.82, 2.24) is 20.6 Å². The number of carbonyl (C=O) groups excluding carboxylic acids is 2. The molecule has 1 aliphatic heterocycles. The zero-order chi connectivity index (χ0) is 43.9. The van der Waals surface area contributed by atoms with E-state index in [4.69, 9.17) is 19.5 Å². The van der Waals surface area contributed by atoms with E-state index in [0.29, 0.717) is 12.1 Å². The van der Waals surface area contributed by atoms with Crippen LogP contribution in [-0.2, 0) is 45.9 Å². The fourth-order valence-corrected chi connectivity index (χ4v) is 10.6. The number of hydrogen-bond acceptors (Lipinski definition) is 16. The molecule has 27 heteroatoms. The molecular weight excluding hydrogens is 881 g/mol. The van der Waals surface area contributed by atoms with Crippen LogP contribution in [0.5, 0.6) is 0 Å². The van der Waals surface area contributed by atoms with Crippen molar-refractivity contribution in [2.45, 2.75) is 109 Å². The number of nitrogens with zero attached hydrogens (tertiary/aromatic N) is 2. The number of pyridine rings is 1. The molecule has 59 heavy (non-hydrogen) atoms. The highest BCUT2D eigenvalue weighted by Gasteiger charge is 2.52. The van der Waals surface area contributed by atoms with Crippen molar-refractivity contribution in [3.05, 3.63) is 18.6 Å². The number of ether oxygens (including phenoxy) is 1. The SMILES string of the molecule is CCCCCCCCCCSSCCNC(=O)CCNC(=O)[C@@H](O)C(C)(C)COP(=O)(O)OP(=O)(O)OC[C@H]1O[C@@H]([n+]2c[nH]c3c(N)ccnc32)C(O)[C@H]1OP(=O)(O)O. The Labute approximate surface area is 350 Å². The largest absolute Gasteiger partial charge is 0.481 e. The van der Waals surface area contributed by atoms with Crippen LogP contribution in [0.1, 0.15) is 84.8 Å². The van der Waals surface area contributed by atoms with Crippen molar-refractivity contribution < 1.29 is 80.3 Å². The van der Waals surface area contributed by atoms with Gasteiger partial charge in [0.1, 0.15) is 30.6 Å². The predicted octanol–water partition coefficient (Wildman–Crippen LogP) is 2.95. The number of fused-ring (bicyclic) bond motifs is 1. The molecule has 1 fully saturated rings. The number of anilines is 1. The highest BCUT2D eigenvalue weighted by atomic mass is 33.1. The van der Waals surface area contributed by atoms with Gasteiger partial charge in [0.05, 0.1) is 18.9 Å². The van der Waals surface area contributed by atoms with Gasteiger partial charge in [-0.15, -0.1) is 4.98 Å². The summed E-state index contributed by atoms with van der Waals surface area (Å²) in [4.78, 5) is 71.1. The number of aromatic amines is 1. The van der Waals surface area contributed by atoms with Crippen LogP contribution >= 0.6 is 45.1 Å². The molecular formula is C32H58N6O16P3S2+. The number of H-pyrrole nitrogens is 1. The van der Waals surface area contributed by atoms with E-state index in [-0.39, 0.29) is 30.2 Å². The first-order chi connectivity index (χ1) is 27.7. The van der Waals surface area contributed by atoms with Crippen molar-refractivity contribution in [3.63, 3.8) is 0 Å². The van der Waals surface area contributed by atoms with E-state index in [0.717, 1.165) is 17.9 Å². The Balaban J connectivity index is 1.39. The van der Waals surface area contributed by atoms with E-state index in [1.807, 2.05) is 0 Å². The van der Waals surface area contributed by atoms with Gasteiger partial charge in [0, 0.05) is 36.4 Å². The lowest BCUT2D eigenvalue weighted by Gasteiger charge is -2.30. The molecule has 3 rings (SSSR count). The summed E-state index contributed by atoms with van der Waals surface area (Å²) in [5.74, 6) is 0.551. The lowest BCUT2D eigenvalue weighted by atomic mass is 9.87. The fourth-order valence-electron chi connectivity index (χ4n) is 5.73. The van der Waals surface area contributed by atoms with Crippen LogP contribution in [0.2, 0.25) is 0 Å². The van der Waals surface area contributed by atoms with E-state index < -0.39 is 78.6 Å². The number of phosphoric ester groups is 3. The van der Waals surface area contributed by atoms with Crippen molar-refractivity contribution >= 4 is 73.7 Å². The number of aliphatic hydroxyl groups is 2. The lowest BCUT2D eigenvalue weighted by molar-refractivity contribution is -0.745. The van der Waals surface area contributed by atoms with Crippen LogP contribution in [-0.4, -0.2) is 114 Å². The topological polar surface area (TPSA) is 336 Å². The molecule has 2 aromatic rings. The van der Waals surface area contributed by atoms with Gasteiger partial charge < -0.3 is 50.9 Å². The zero-order valence-corrected chi connectivity index (χ0v) is 37.4. The van der Waals surface area contributed by atoms with Gasteiger partial charge in [-0.1, -0.05) is 87.3 Å². The molecule has 0 aromatic carbocycles. The normalized spacial score (nSPS) is 21.2. The first-order valence-electron chi connectivity index (χ1n) is 19.0. The average Bonchev–Trinajstić information content (AvgIpc) is 3.71. The summed E-state index contributed by atoms with van der Waals surface area (Å²) in [6, 6.07) is 1.48. The van der Waals surface area contributed by atoms with Crippen LogP contribution in [0.15, 0.2) is 18.6 Å². The van der Waals surface area contributed by atoms with E-state index in [9.17, 15) is 53.1 Å². The minimum absolute atomic E-state index is 0.0666. The minimum Gasteiger partial charge on any atom is -0.396 e. The van der Waals surface area contributed by atoms with Gasteiger partial charge in [0.2, 0.25) is 18.0 Å². The van der Waals surface area contributed by atoms with Crippen LogP contribution in [0.3, 0.4) is 0 Å². The number of unbranched alkanes of at least 4 members (excludes halogenated alkanes) is 7. The second kappa shape index (κ2) is 24.2. The molecule has 1 aliphatic rings. The summed E-state index contributed by atoms with van der Waals surface area (Å²) < 4.78 is 62.5. The van der Waals surface area contributed by atoms with E-state index in [2.05, 4.69) is 36.4 Å². The second-order valence-electron chi connectivity index (χ2n) is 14.4. The number of phosphoric acid groups is 3. The second-order valence-corrected chi connectivity index (χ2v) is 21.3. The smallest absolute Gasteiger partial charge is 0.396 e.